The molecule has 0 saturated heterocycles. The van der Waals surface area contributed by atoms with Crippen molar-refractivity contribution in [3.63, 3.8) is 0 Å². The van der Waals surface area contributed by atoms with Crippen LogP contribution in [0.1, 0.15) is 28.4 Å². The molecule has 0 fully saturated rings. The van der Waals surface area contributed by atoms with Gasteiger partial charge in [0.1, 0.15) is 11.6 Å². The first-order chi connectivity index (χ1) is 7.68. The van der Waals surface area contributed by atoms with Crippen LogP contribution < -0.4 is 0 Å². The predicted octanol–water partition coefficient (Wildman–Crippen LogP) is 2.14. The third-order valence-electron chi connectivity index (χ3n) is 2.66. The molecule has 0 aliphatic carbocycles. The van der Waals surface area contributed by atoms with E-state index in [1.54, 1.807) is 25.5 Å². The number of hydrogen-bond donors (Lipinski definition) is 0. The number of aryl methyl sites for hydroxylation is 3. The molecular formula is C12H14N2O2. The van der Waals surface area contributed by atoms with E-state index in [4.69, 9.17) is 4.42 Å². The fraction of sp³-hybridized carbons (Fsp3) is 0.333. The second kappa shape index (κ2) is 4.35. The largest absolute Gasteiger partial charge is 0.469 e. The van der Waals surface area contributed by atoms with Gasteiger partial charge < -0.3 is 8.98 Å². The number of ketones is 1. The minimum absolute atomic E-state index is 0.106. The molecule has 2 heterocycles. The standard InChI is InChI=1S/C12H14N2O2/c1-9-10(5-8-16-9)11(15)3-4-12-13-6-7-14(12)2/h5-8H,3-4H2,1-2H3. The summed E-state index contributed by atoms with van der Waals surface area (Å²) in [5.74, 6) is 1.72. The molecule has 0 unspecified atom stereocenters. The SMILES string of the molecule is Cc1occc1C(=O)CCc1nccn1C. The summed E-state index contributed by atoms with van der Waals surface area (Å²) in [6.45, 7) is 1.80. The van der Waals surface area contributed by atoms with Crippen LogP contribution in [-0.4, -0.2) is 15.3 Å². The summed E-state index contributed by atoms with van der Waals surface area (Å²) in [6, 6.07) is 1.72. The Bertz CT molecular complexity index is 497. The molecule has 0 aliphatic rings. The van der Waals surface area contributed by atoms with Crippen molar-refractivity contribution in [3.8, 4) is 0 Å². The van der Waals surface area contributed by atoms with Crippen molar-refractivity contribution in [3.05, 3.63) is 41.9 Å². The maximum Gasteiger partial charge on any atom is 0.166 e. The maximum absolute atomic E-state index is 11.8. The quantitative estimate of drug-likeness (QED) is 0.739. The zero-order valence-electron chi connectivity index (χ0n) is 9.43. The number of hydrogen-bond acceptors (Lipinski definition) is 3. The van der Waals surface area contributed by atoms with Crippen LogP contribution in [0.15, 0.2) is 29.1 Å². The van der Waals surface area contributed by atoms with Crippen LogP contribution in [0.4, 0.5) is 0 Å². The van der Waals surface area contributed by atoms with E-state index in [9.17, 15) is 4.79 Å². The van der Waals surface area contributed by atoms with Gasteiger partial charge in [0.05, 0.1) is 11.8 Å². The average Bonchev–Trinajstić information content (AvgIpc) is 2.84. The van der Waals surface area contributed by atoms with Crippen LogP contribution in [0, 0.1) is 6.92 Å². The molecule has 2 aromatic heterocycles. The maximum atomic E-state index is 11.8. The number of nitrogens with zero attached hydrogens (tertiary/aromatic N) is 2. The van der Waals surface area contributed by atoms with Gasteiger partial charge in [0.25, 0.3) is 0 Å². The van der Waals surface area contributed by atoms with Crippen LogP contribution in [0.25, 0.3) is 0 Å². The van der Waals surface area contributed by atoms with Crippen molar-refractivity contribution in [2.24, 2.45) is 7.05 Å². The second-order valence-electron chi connectivity index (χ2n) is 3.77. The summed E-state index contributed by atoms with van der Waals surface area (Å²) in [7, 11) is 1.93. The monoisotopic (exact) mass is 218 g/mol. The van der Waals surface area contributed by atoms with Crippen LogP contribution in [-0.2, 0) is 13.5 Å². The first-order valence-electron chi connectivity index (χ1n) is 5.22. The Morgan fingerprint density at radius 3 is 2.94 bits per heavy atom. The molecule has 0 aromatic carbocycles. The Balaban J connectivity index is 1.99. The lowest BCUT2D eigenvalue weighted by Gasteiger charge is -2.00. The topological polar surface area (TPSA) is 48.0 Å². The van der Waals surface area contributed by atoms with Gasteiger partial charge in [-0.3, -0.25) is 4.79 Å². The van der Waals surface area contributed by atoms with Gasteiger partial charge in [-0.15, -0.1) is 0 Å². The Morgan fingerprint density at radius 2 is 2.38 bits per heavy atom. The molecular weight excluding hydrogens is 204 g/mol. The van der Waals surface area contributed by atoms with E-state index in [-0.39, 0.29) is 5.78 Å². The lowest BCUT2D eigenvalue weighted by molar-refractivity contribution is 0.0980. The van der Waals surface area contributed by atoms with Crippen LogP contribution >= 0.6 is 0 Å². The first kappa shape index (κ1) is 10.7. The normalized spacial score (nSPS) is 10.6. The van der Waals surface area contributed by atoms with Gasteiger partial charge in [0.15, 0.2) is 5.78 Å². The summed E-state index contributed by atoms with van der Waals surface area (Å²) >= 11 is 0. The Kier molecular flexibility index (Phi) is 2.90. The minimum Gasteiger partial charge on any atom is -0.469 e. The van der Waals surface area contributed by atoms with Crippen molar-refractivity contribution in [1.29, 1.82) is 0 Å². The highest BCUT2D eigenvalue weighted by Gasteiger charge is 2.12. The lowest BCUT2D eigenvalue weighted by Crippen LogP contribution is -2.04. The van der Waals surface area contributed by atoms with Gasteiger partial charge in [-0.05, 0) is 13.0 Å². The highest BCUT2D eigenvalue weighted by atomic mass is 16.3. The third kappa shape index (κ3) is 2.05. The second-order valence-corrected chi connectivity index (χ2v) is 3.77. The molecule has 0 aliphatic heterocycles. The summed E-state index contributed by atoms with van der Waals surface area (Å²) in [4.78, 5) is 16.0. The third-order valence-corrected chi connectivity index (χ3v) is 2.66. The van der Waals surface area contributed by atoms with E-state index in [0.29, 0.717) is 24.2 Å². The van der Waals surface area contributed by atoms with Gasteiger partial charge in [0, 0.05) is 32.3 Å². The summed E-state index contributed by atoms with van der Waals surface area (Å²) < 4.78 is 7.03. The smallest absolute Gasteiger partial charge is 0.166 e. The molecule has 2 rings (SSSR count). The van der Waals surface area contributed by atoms with Crippen LogP contribution in [0.3, 0.4) is 0 Å². The average molecular weight is 218 g/mol. The molecule has 0 amide bonds. The van der Waals surface area contributed by atoms with Gasteiger partial charge in [-0.25, -0.2) is 4.98 Å². The first-order valence-corrected chi connectivity index (χ1v) is 5.22. The molecule has 0 radical (unpaired) electrons. The van der Waals surface area contributed by atoms with E-state index in [0.717, 1.165) is 5.82 Å². The highest BCUT2D eigenvalue weighted by Crippen LogP contribution is 2.12. The predicted molar refractivity (Wildman–Crippen MR) is 59.3 cm³/mol. The lowest BCUT2D eigenvalue weighted by atomic mass is 10.1. The highest BCUT2D eigenvalue weighted by molar-refractivity contribution is 5.96. The molecule has 0 atom stereocenters. The fourth-order valence-electron chi connectivity index (χ4n) is 1.67. The van der Waals surface area contributed by atoms with Gasteiger partial charge in [0.2, 0.25) is 0 Å². The number of furan rings is 1. The van der Waals surface area contributed by atoms with E-state index >= 15 is 0 Å². The molecule has 16 heavy (non-hydrogen) atoms. The zero-order valence-corrected chi connectivity index (χ0v) is 9.43. The van der Waals surface area contributed by atoms with Crippen molar-refractivity contribution >= 4 is 5.78 Å². The van der Waals surface area contributed by atoms with Gasteiger partial charge >= 0.3 is 0 Å². The number of Topliss-reactive ketones (excluding diaryl/α,β-unsaturated/α-hetero) is 1. The molecule has 84 valence electrons. The molecule has 0 spiro atoms. The number of carbonyl (C=O) groups excluding carboxylic acids is 1. The number of carbonyl (C=O) groups is 1. The van der Waals surface area contributed by atoms with Crippen molar-refractivity contribution < 1.29 is 9.21 Å². The molecule has 0 saturated carbocycles. The molecule has 0 bridgehead atoms. The molecule has 0 N–H and O–H groups in total. The summed E-state index contributed by atoms with van der Waals surface area (Å²) in [5.41, 5.74) is 0.675. The number of aromatic nitrogens is 2. The molecule has 2 aromatic rings. The Morgan fingerprint density at radius 1 is 1.56 bits per heavy atom. The Hall–Kier alpha value is -1.84. The van der Waals surface area contributed by atoms with Crippen LogP contribution in [0.5, 0.6) is 0 Å². The van der Waals surface area contributed by atoms with Crippen molar-refractivity contribution in [2.75, 3.05) is 0 Å². The number of imidazole rings is 1. The van der Waals surface area contributed by atoms with E-state index in [2.05, 4.69) is 4.98 Å². The fourth-order valence-corrected chi connectivity index (χ4v) is 1.67. The van der Waals surface area contributed by atoms with E-state index in [1.165, 1.54) is 0 Å². The molecule has 4 heteroatoms. The van der Waals surface area contributed by atoms with E-state index < -0.39 is 0 Å². The number of rotatable bonds is 4. The summed E-state index contributed by atoms with van der Waals surface area (Å²) in [6.07, 6.45) is 6.29. The minimum atomic E-state index is 0.106. The van der Waals surface area contributed by atoms with E-state index in [1.807, 2.05) is 17.8 Å². The van der Waals surface area contributed by atoms with Crippen molar-refractivity contribution in [1.82, 2.24) is 9.55 Å². The van der Waals surface area contributed by atoms with Gasteiger partial charge in [-0.2, -0.15) is 0 Å². The van der Waals surface area contributed by atoms with Crippen LogP contribution in [0.2, 0.25) is 0 Å². The summed E-state index contributed by atoms with van der Waals surface area (Å²) in [5, 5.41) is 0. The van der Waals surface area contributed by atoms with Crippen molar-refractivity contribution in [2.45, 2.75) is 19.8 Å². The Labute approximate surface area is 93.9 Å². The molecule has 4 nitrogen and oxygen atoms in total. The van der Waals surface area contributed by atoms with Gasteiger partial charge in [-0.1, -0.05) is 0 Å². The zero-order chi connectivity index (χ0) is 11.5.